The van der Waals surface area contributed by atoms with Gasteiger partial charge in [0.05, 0.1) is 6.04 Å². The number of likely N-dealkylation sites (tertiary alicyclic amines) is 1. The molecule has 0 amide bonds. The largest absolute Gasteiger partial charge is 0.326 e. The average molecular weight is 339 g/mol. The zero-order valence-corrected chi connectivity index (χ0v) is 14.5. The van der Waals surface area contributed by atoms with Gasteiger partial charge in [0.2, 0.25) is 0 Å². The second kappa shape index (κ2) is 7.06. The Labute approximate surface area is 131 Å². The Morgan fingerprint density at radius 2 is 2.10 bits per heavy atom. The van der Waals surface area contributed by atoms with Crippen molar-refractivity contribution in [2.75, 3.05) is 13.1 Å². The van der Waals surface area contributed by atoms with Crippen LogP contribution in [-0.4, -0.2) is 24.0 Å². The lowest BCUT2D eigenvalue weighted by atomic mass is 9.95. The first-order valence-corrected chi connectivity index (χ1v) is 8.54. The summed E-state index contributed by atoms with van der Waals surface area (Å²) < 4.78 is 1.20. The summed E-state index contributed by atoms with van der Waals surface area (Å²) in [6.45, 7) is 9.00. The van der Waals surface area contributed by atoms with Gasteiger partial charge in [0.25, 0.3) is 0 Å². The van der Waals surface area contributed by atoms with E-state index in [0.717, 1.165) is 19.5 Å². The lowest BCUT2D eigenvalue weighted by Gasteiger charge is -2.35. The Bertz CT molecular complexity index is 445. The number of aryl methyl sites for hydroxylation is 1. The van der Waals surface area contributed by atoms with E-state index in [4.69, 9.17) is 5.73 Å². The normalized spacial score (nSPS) is 24.9. The van der Waals surface area contributed by atoms with Gasteiger partial charge < -0.3 is 5.73 Å². The molecule has 0 bridgehead atoms. The van der Waals surface area contributed by atoms with Gasteiger partial charge in [-0.3, -0.25) is 4.90 Å². The van der Waals surface area contributed by atoms with Crippen molar-refractivity contribution in [3.63, 3.8) is 0 Å². The molecule has 2 nitrogen and oxygen atoms in total. The molecule has 2 rings (SSSR count). The first-order valence-electron chi connectivity index (χ1n) is 7.74. The molecule has 2 unspecified atom stereocenters. The number of rotatable bonds is 3. The Morgan fingerprint density at radius 1 is 1.35 bits per heavy atom. The van der Waals surface area contributed by atoms with Crippen molar-refractivity contribution >= 4 is 15.9 Å². The van der Waals surface area contributed by atoms with Crippen LogP contribution in [0.1, 0.15) is 50.3 Å². The molecule has 1 aliphatic rings. The number of halogens is 1. The molecule has 0 spiro atoms. The van der Waals surface area contributed by atoms with Gasteiger partial charge >= 0.3 is 0 Å². The first kappa shape index (κ1) is 16.0. The molecule has 1 aliphatic heterocycles. The standard InChI is InChI=1S/C17H27BrN2/c1-12(2)11-20-9-5-4-6-16(19)17(20)14-8-7-13(3)10-15(14)18/h7-8,10,12,16-17H,4-6,9,11,19H2,1-3H3. The van der Waals surface area contributed by atoms with Crippen LogP contribution in [0.4, 0.5) is 0 Å². The van der Waals surface area contributed by atoms with E-state index in [2.05, 4.69) is 59.8 Å². The predicted octanol–water partition coefficient (Wildman–Crippen LogP) is 4.27. The van der Waals surface area contributed by atoms with Crippen molar-refractivity contribution in [1.82, 2.24) is 4.90 Å². The minimum Gasteiger partial charge on any atom is -0.326 e. The van der Waals surface area contributed by atoms with Crippen LogP contribution in [0.25, 0.3) is 0 Å². The summed E-state index contributed by atoms with van der Waals surface area (Å²) in [5.74, 6) is 0.673. The van der Waals surface area contributed by atoms with Crippen LogP contribution in [0.3, 0.4) is 0 Å². The van der Waals surface area contributed by atoms with E-state index in [-0.39, 0.29) is 6.04 Å². The highest BCUT2D eigenvalue weighted by molar-refractivity contribution is 9.10. The van der Waals surface area contributed by atoms with Crippen LogP contribution < -0.4 is 5.73 Å². The zero-order valence-electron chi connectivity index (χ0n) is 12.9. The molecule has 1 heterocycles. The van der Waals surface area contributed by atoms with E-state index in [0.29, 0.717) is 12.0 Å². The van der Waals surface area contributed by atoms with Crippen LogP contribution in [0.5, 0.6) is 0 Å². The Hall–Kier alpha value is -0.380. The van der Waals surface area contributed by atoms with Crippen LogP contribution in [0, 0.1) is 12.8 Å². The van der Waals surface area contributed by atoms with Gasteiger partial charge in [0.1, 0.15) is 0 Å². The Kier molecular flexibility index (Phi) is 5.65. The highest BCUT2D eigenvalue weighted by Crippen LogP contribution is 2.34. The third-order valence-corrected chi connectivity index (χ3v) is 4.79. The average Bonchev–Trinajstić information content (AvgIpc) is 2.52. The smallest absolute Gasteiger partial charge is 0.0510 e. The van der Waals surface area contributed by atoms with Gasteiger partial charge in [0, 0.05) is 17.1 Å². The van der Waals surface area contributed by atoms with Gasteiger partial charge in [-0.1, -0.05) is 48.3 Å². The number of nitrogens with two attached hydrogens (primary N) is 1. The van der Waals surface area contributed by atoms with Crippen LogP contribution in [0.15, 0.2) is 22.7 Å². The first-order chi connectivity index (χ1) is 9.49. The summed E-state index contributed by atoms with van der Waals surface area (Å²) in [7, 11) is 0. The highest BCUT2D eigenvalue weighted by Gasteiger charge is 2.30. The fourth-order valence-corrected chi connectivity index (χ4v) is 3.96. The van der Waals surface area contributed by atoms with Gasteiger partial charge in [-0.15, -0.1) is 0 Å². The van der Waals surface area contributed by atoms with Gasteiger partial charge in [-0.05, 0) is 49.4 Å². The summed E-state index contributed by atoms with van der Waals surface area (Å²) >= 11 is 3.75. The van der Waals surface area contributed by atoms with Gasteiger partial charge in [-0.25, -0.2) is 0 Å². The Morgan fingerprint density at radius 3 is 2.75 bits per heavy atom. The maximum atomic E-state index is 6.52. The molecule has 2 N–H and O–H groups in total. The number of hydrogen-bond donors (Lipinski definition) is 1. The molecular formula is C17H27BrN2. The molecule has 112 valence electrons. The molecule has 3 heteroatoms. The van der Waals surface area contributed by atoms with Gasteiger partial charge in [-0.2, -0.15) is 0 Å². The molecule has 2 atom stereocenters. The molecule has 1 aromatic rings. The van der Waals surface area contributed by atoms with Crippen molar-refractivity contribution in [1.29, 1.82) is 0 Å². The quantitative estimate of drug-likeness (QED) is 0.891. The summed E-state index contributed by atoms with van der Waals surface area (Å²) in [5.41, 5.74) is 9.16. The number of benzene rings is 1. The van der Waals surface area contributed by atoms with Crippen LogP contribution >= 0.6 is 15.9 Å². The molecule has 1 saturated heterocycles. The molecule has 1 aromatic carbocycles. The third kappa shape index (κ3) is 3.84. The fourth-order valence-electron chi connectivity index (χ4n) is 3.24. The van der Waals surface area contributed by atoms with Crippen molar-refractivity contribution in [2.24, 2.45) is 11.7 Å². The molecule has 0 saturated carbocycles. The summed E-state index contributed by atoms with van der Waals surface area (Å²) in [6.07, 6.45) is 3.63. The minimum atomic E-state index is 0.232. The van der Waals surface area contributed by atoms with E-state index in [1.165, 1.54) is 28.4 Å². The van der Waals surface area contributed by atoms with Crippen LogP contribution in [-0.2, 0) is 0 Å². The second-order valence-electron chi connectivity index (χ2n) is 6.52. The van der Waals surface area contributed by atoms with Crippen LogP contribution in [0.2, 0.25) is 0 Å². The highest BCUT2D eigenvalue weighted by atomic mass is 79.9. The lowest BCUT2D eigenvalue weighted by Crippen LogP contribution is -2.41. The molecule has 20 heavy (non-hydrogen) atoms. The van der Waals surface area contributed by atoms with E-state index in [1.54, 1.807) is 0 Å². The molecule has 0 aromatic heterocycles. The second-order valence-corrected chi connectivity index (χ2v) is 7.37. The van der Waals surface area contributed by atoms with Crippen molar-refractivity contribution in [3.8, 4) is 0 Å². The molecule has 0 radical (unpaired) electrons. The topological polar surface area (TPSA) is 29.3 Å². The number of hydrogen-bond acceptors (Lipinski definition) is 2. The van der Waals surface area contributed by atoms with Crippen molar-refractivity contribution in [2.45, 2.75) is 52.1 Å². The maximum absolute atomic E-state index is 6.52. The third-order valence-electron chi connectivity index (χ3n) is 4.11. The van der Waals surface area contributed by atoms with E-state index < -0.39 is 0 Å². The molecule has 0 aliphatic carbocycles. The molecule has 1 fully saturated rings. The summed E-state index contributed by atoms with van der Waals surface area (Å²) in [6, 6.07) is 7.24. The van der Waals surface area contributed by atoms with Crippen molar-refractivity contribution in [3.05, 3.63) is 33.8 Å². The lowest BCUT2D eigenvalue weighted by molar-refractivity contribution is 0.165. The molecular weight excluding hydrogens is 312 g/mol. The van der Waals surface area contributed by atoms with E-state index in [9.17, 15) is 0 Å². The van der Waals surface area contributed by atoms with E-state index >= 15 is 0 Å². The fraction of sp³-hybridized carbons (Fsp3) is 0.647. The summed E-state index contributed by atoms with van der Waals surface area (Å²) in [5, 5.41) is 0. The maximum Gasteiger partial charge on any atom is 0.0510 e. The minimum absolute atomic E-state index is 0.232. The van der Waals surface area contributed by atoms with Crippen molar-refractivity contribution < 1.29 is 0 Å². The van der Waals surface area contributed by atoms with E-state index in [1.807, 2.05) is 0 Å². The number of nitrogens with zero attached hydrogens (tertiary/aromatic N) is 1. The predicted molar refractivity (Wildman–Crippen MR) is 89.9 cm³/mol. The summed E-state index contributed by atoms with van der Waals surface area (Å²) in [4.78, 5) is 2.60. The SMILES string of the molecule is Cc1ccc(C2C(N)CCCCN2CC(C)C)c(Br)c1. The monoisotopic (exact) mass is 338 g/mol. The Balaban J connectivity index is 2.34. The zero-order chi connectivity index (χ0) is 14.7. The van der Waals surface area contributed by atoms with Gasteiger partial charge in [0.15, 0.2) is 0 Å².